The van der Waals surface area contributed by atoms with E-state index in [-0.39, 0.29) is 11.4 Å². The zero-order valence-corrected chi connectivity index (χ0v) is 15.9. The van der Waals surface area contributed by atoms with Gasteiger partial charge < -0.3 is 9.47 Å². The summed E-state index contributed by atoms with van der Waals surface area (Å²) in [6.45, 7) is 1.92. The van der Waals surface area contributed by atoms with Crippen molar-refractivity contribution in [2.24, 2.45) is 0 Å². The SMILES string of the molecule is COc1ccc(S(=O)(=O)NCc2ccc(Oc3nccs3)cc2)c(C)c1. The van der Waals surface area contributed by atoms with Gasteiger partial charge in [-0.25, -0.2) is 18.1 Å². The molecule has 26 heavy (non-hydrogen) atoms. The van der Waals surface area contributed by atoms with Gasteiger partial charge in [0.1, 0.15) is 11.5 Å². The minimum absolute atomic E-state index is 0.186. The highest BCUT2D eigenvalue weighted by atomic mass is 32.2. The molecule has 6 nitrogen and oxygen atoms in total. The van der Waals surface area contributed by atoms with Gasteiger partial charge in [0.15, 0.2) is 0 Å². The van der Waals surface area contributed by atoms with Crippen LogP contribution in [0.4, 0.5) is 0 Å². The third-order valence-corrected chi connectivity index (χ3v) is 5.89. The van der Waals surface area contributed by atoms with E-state index in [1.54, 1.807) is 50.6 Å². The van der Waals surface area contributed by atoms with Crippen LogP contribution in [-0.2, 0) is 16.6 Å². The van der Waals surface area contributed by atoms with Crippen LogP contribution in [0.15, 0.2) is 58.9 Å². The molecule has 1 aromatic heterocycles. The van der Waals surface area contributed by atoms with Crippen molar-refractivity contribution in [2.45, 2.75) is 18.4 Å². The number of hydrogen-bond acceptors (Lipinski definition) is 6. The molecule has 0 aliphatic rings. The summed E-state index contributed by atoms with van der Waals surface area (Å²) in [6, 6.07) is 12.1. The van der Waals surface area contributed by atoms with E-state index in [4.69, 9.17) is 9.47 Å². The second kappa shape index (κ2) is 7.86. The molecule has 0 spiro atoms. The molecule has 8 heteroatoms. The normalized spacial score (nSPS) is 11.3. The van der Waals surface area contributed by atoms with Gasteiger partial charge in [0.25, 0.3) is 5.19 Å². The second-order valence-corrected chi connectivity index (χ2v) is 8.09. The molecule has 0 aliphatic heterocycles. The molecular weight excluding hydrogens is 372 g/mol. The standard InChI is InChI=1S/C18H18N2O4S2/c1-13-11-16(23-2)7-8-17(13)26(21,22)20-12-14-3-5-15(6-4-14)24-18-19-9-10-25-18/h3-11,20H,12H2,1-2H3. The Hall–Kier alpha value is -2.42. The highest BCUT2D eigenvalue weighted by Gasteiger charge is 2.17. The number of sulfonamides is 1. The fourth-order valence-corrected chi connectivity index (χ4v) is 4.09. The minimum atomic E-state index is -3.61. The van der Waals surface area contributed by atoms with Crippen molar-refractivity contribution >= 4 is 21.4 Å². The van der Waals surface area contributed by atoms with Crippen molar-refractivity contribution in [3.8, 4) is 16.7 Å². The predicted molar refractivity (Wildman–Crippen MR) is 100 cm³/mol. The monoisotopic (exact) mass is 390 g/mol. The van der Waals surface area contributed by atoms with Gasteiger partial charge in [0.2, 0.25) is 10.0 Å². The maximum Gasteiger partial charge on any atom is 0.278 e. The smallest absolute Gasteiger partial charge is 0.278 e. The number of nitrogens with one attached hydrogen (secondary N) is 1. The van der Waals surface area contributed by atoms with Crippen LogP contribution < -0.4 is 14.2 Å². The van der Waals surface area contributed by atoms with Gasteiger partial charge in [0.05, 0.1) is 12.0 Å². The number of hydrogen-bond donors (Lipinski definition) is 1. The quantitative estimate of drug-likeness (QED) is 0.665. The lowest BCUT2D eigenvalue weighted by Gasteiger charge is -2.11. The fraction of sp³-hybridized carbons (Fsp3) is 0.167. The van der Waals surface area contributed by atoms with E-state index in [2.05, 4.69) is 9.71 Å². The summed E-state index contributed by atoms with van der Waals surface area (Å²) < 4.78 is 38.3. The number of methoxy groups -OCH3 is 1. The topological polar surface area (TPSA) is 77.5 Å². The number of rotatable bonds is 7. The molecule has 1 N–H and O–H groups in total. The van der Waals surface area contributed by atoms with E-state index in [9.17, 15) is 8.42 Å². The first-order chi connectivity index (χ1) is 12.5. The van der Waals surface area contributed by atoms with E-state index in [0.29, 0.717) is 22.3 Å². The van der Waals surface area contributed by atoms with Crippen LogP contribution in [0.3, 0.4) is 0 Å². The van der Waals surface area contributed by atoms with E-state index in [1.807, 2.05) is 17.5 Å². The predicted octanol–water partition coefficient (Wildman–Crippen LogP) is 3.73. The first-order valence-electron chi connectivity index (χ1n) is 7.78. The van der Waals surface area contributed by atoms with Gasteiger partial charge in [-0.15, -0.1) is 0 Å². The number of aromatic nitrogens is 1. The van der Waals surface area contributed by atoms with E-state index in [1.165, 1.54) is 11.3 Å². The molecule has 0 radical (unpaired) electrons. The van der Waals surface area contributed by atoms with Gasteiger partial charge in [-0.3, -0.25) is 0 Å². The number of thiazole rings is 1. The first-order valence-corrected chi connectivity index (χ1v) is 10.1. The largest absolute Gasteiger partial charge is 0.497 e. The van der Waals surface area contributed by atoms with Crippen LogP contribution in [0.1, 0.15) is 11.1 Å². The Morgan fingerprint density at radius 1 is 1.12 bits per heavy atom. The molecule has 0 fully saturated rings. The molecule has 0 saturated carbocycles. The van der Waals surface area contributed by atoms with Crippen LogP contribution in [-0.4, -0.2) is 20.5 Å². The van der Waals surface area contributed by atoms with Crippen molar-refractivity contribution in [1.29, 1.82) is 0 Å². The minimum Gasteiger partial charge on any atom is -0.497 e. The average Bonchev–Trinajstić information content (AvgIpc) is 3.14. The molecule has 3 rings (SSSR count). The number of aryl methyl sites for hydroxylation is 1. The Morgan fingerprint density at radius 3 is 2.46 bits per heavy atom. The number of ether oxygens (including phenoxy) is 2. The summed E-state index contributed by atoms with van der Waals surface area (Å²) in [7, 11) is -2.07. The molecule has 0 amide bonds. The van der Waals surface area contributed by atoms with Crippen molar-refractivity contribution in [2.75, 3.05) is 7.11 Å². The summed E-state index contributed by atoms with van der Waals surface area (Å²) >= 11 is 1.40. The van der Waals surface area contributed by atoms with E-state index in [0.717, 1.165) is 5.56 Å². The van der Waals surface area contributed by atoms with Gasteiger partial charge in [-0.2, -0.15) is 0 Å². The Morgan fingerprint density at radius 2 is 1.85 bits per heavy atom. The molecule has 0 atom stereocenters. The van der Waals surface area contributed by atoms with Crippen molar-refractivity contribution < 1.29 is 17.9 Å². The Labute approximate surface area is 156 Å². The van der Waals surface area contributed by atoms with Crippen LogP contribution in [0, 0.1) is 6.92 Å². The summed E-state index contributed by atoms with van der Waals surface area (Å²) in [5, 5.41) is 2.40. The first kappa shape index (κ1) is 18.4. The van der Waals surface area contributed by atoms with Gasteiger partial charge >= 0.3 is 0 Å². The Kier molecular flexibility index (Phi) is 5.55. The molecule has 2 aromatic carbocycles. The van der Waals surface area contributed by atoms with E-state index >= 15 is 0 Å². The molecular formula is C18H18N2O4S2. The maximum absolute atomic E-state index is 12.5. The maximum atomic E-state index is 12.5. The van der Waals surface area contributed by atoms with Crippen LogP contribution in [0.25, 0.3) is 0 Å². The number of benzene rings is 2. The molecule has 0 unspecified atom stereocenters. The summed E-state index contributed by atoms with van der Waals surface area (Å²) in [4.78, 5) is 4.29. The lowest BCUT2D eigenvalue weighted by molar-refractivity contribution is 0.414. The Balaban J connectivity index is 1.66. The third kappa shape index (κ3) is 4.40. The zero-order chi connectivity index (χ0) is 18.6. The fourth-order valence-electron chi connectivity index (χ4n) is 2.34. The van der Waals surface area contributed by atoms with E-state index < -0.39 is 10.0 Å². The third-order valence-electron chi connectivity index (χ3n) is 3.68. The van der Waals surface area contributed by atoms with Crippen LogP contribution >= 0.6 is 11.3 Å². The lowest BCUT2D eigenvalue weighted by Crippen LogP contribution is -2.24. The van der Waals surface area contributed by atoms with Crippen LogP contribution in [0.5, 0.6) is 16.7 Å². The highest BCUT2D eigenvalue weighted by Crippen LogP contribution is 2.24. The number of nitrogens with zero attached hydrogens (tertiary/aromatic N) is 1. The van der Waals surface area contributed by atoms with Gasteiger partial charge in [-0.1, -0.05) is 23.5 Å². The van der Waals surface area contributed by atoms with Crippen molar-refractivity contribution in [3.05, 3.63) is 65.2 Å². The van der Waals surface area contributed by atoms with Crippen molar-refractivity contribution in [3.63, 3.8) is 0 Å². The summed E-state index contributed by atoms with van der Waals surface area (Å²) in [6.07, 6.45) is 1.67. The Bertz CT molecular complexity index is 969. The van der Waals surface area contributed by atoms with Crippen molar-refractivity contribution in [1.82, 2.24) is 9.71 Å². The average molecular weight is 390 g/mol. The molecule has 1 heterocycles. The summed E-state index contributed by atoms with van der Waals surface area (Å²) in [5.41, 5.74) is 1.45. The van der Waals surface area contributed by atoms with Crippen LogP contribution in [0.2, 0.25) is 0 Å². The molecule has 0 bridgehead atoms. The van der Waals surface area contributed by atoms with Gasteiger partial charge in [-0.05, 0) is 48.4 Å². The molecule has 0 aliphatic carbocycles. The zero-order valence-electron chi connectivity index (χ0n) is 14.3. The lowest BCUT2D eigenvalue weighted by atomic mass is 10.2. The molecule has 3 aromatic rings. The molecule has 0 saturated heterocycles. The second-order valence-electron chi connectivity index (χ2n) is 5.50. The molecule has 136 valence electrons. The van der Waals surface area contributed by atoms with Gasteiger partial charge in [0, 0.05) is 18.1 Å². The summed E-state index contributed by atoms with van der Waals surface area (Å²) in [5.74, 6) is 1.27. The highest BCUT2D eigenvalue weighted by molar-refractivity contribution is 7.89.